The van der Waals surface area contributed by atoms with Crippen LogP contribution in [0.3, 0.4) is 0 Å². The van der Waals surface area contributed by atoms with E-state index in [0.29, 0.717) is 0 Å². The third kappa shape index (κ3) is 2.13. The van der Waals surface area contributed by atoms with Crippen molar-refractivity contribution in [1.82, 2.24) is 14.9 Å². The summed E-state index contributed by atoms with van der Waals surface area (Å²) < 4.78 is 1.46. The van der Waals surface area contributed by atoms with Crippen LogP contribution in [0.4, 0.5) is 4.79 Å². The van der Waals surface area contributed by atoms with Gasteiger partial charge in [-0.05, 0) is 12.3 Å². The maximum atomic E-state index is 11.4. The van der Waals surface area contributed by atoms with E-state index >= 15 is 0 Å². The molecule has 76 valence electrons. The first kappa shape index (κ1) is 9.24. The fourth-order valence-corrected chi connectivity index (χ4v) is 1.64. The highest BCUT2D eigenvalue weighted by Gasteiger charge is 2.16. The topological polar surface area (TPSA) is 46.9 Å². The van der Waals surface area contributed by atoms with Gasteiger partial charge in [0.05, 0.1) is 0 Å². The smallest absolute Gasteiger partial charge is 0.326 e. The molecule has 1 saturated carbocycles. The van der Waals surface area contributed by atoms with E-state index in [0.717, 1.165) is 18.9 Å². The highest BCUT2D eigenvalue weighted by molar-refractivity contribution is 5.76. The first-order valence-electron chi connectivity index (χ1n) is 5.12. The summed E-state index contributed by atoms with van der Waals surface area (Å²) in [6.07, 6.45) is 9.91. The van der Waals surface area contributed by atoms with Crippen LogP contribution in [0, 0.1) is 5.92 Å². The molecule has 0 saturated heterocycles. The van der Waals surface area contributed by atoms with Crippen LogP contribution in [0.1, 0.15) is 25.7 Å². The van der Waals surface area contributed by atoms with E-state index in [9.17, 15) is 4.79 Å². The molecule has 14 heavy (non-hydrogen) atoms. The molecular weight excluding hydrogens is 178 g/mol. The SMILES string of the molecule is O=C(NCCC1CCC1)n1ccnc1. The van der Waals surface area contributed by atoms with Crippen molar-refractivity contribution in [3.63, 3.8) is 0 Å². The van der Waals surface area contributed by atoms with Gasteiger partial charge in [0.25, 0.3) is 0 Å². The molecule has 0 bridgehead atoms. The summed E-state index contributed by atoms with van der Waals surface area (Å²) in [6.45, 7) is 0.779. The van der Waals surface area contributed by atoms with E-state index in [4.69, 9.17) is 0 Å². The molecule has 4 heteroatoms. The zero-order chi connectivity index (χ0) is 9.80. The molecule has 0 radical (unpaired) electrons. The Morgan fingerprint density at radius 3 is 3.00 bits per heavy atom. The van der Waals surface area contributed by atoms with E-state index in [1.807, 2.05) is 0 Å². The Morgan fingerprint density at radius 2 is 2.43 bits per heavy atom. The van der Waals surface area contributed by atoms with Gasteiger partial charge >= 0.3 is 6.03 Å². The average molecular weight is 193 g/mol. The second-order valence-corrected chi connectivity index (χ2v) is 3.79. The predicted molar refractivity (Wildman–Crippen MR) is 53.0 cm³/mol. The van der Waals surface area contributed by atoms with Crippen LogP contribution in [0.25, 0.3) is 0 Å². The van der Waals surface area contributed by atoms with Crippen molar-refractivity contribution >= 4 is 6.03 Å². The number of aromatic nitrogens is 2. The molecular formula is C10H15N3O. The van der Waals surface area contributed by atoms with E-state index in [1.54, 1.807) is 12.4 Å². The molecule has 0 atom stereocenters. The number of carbonyl (C=O) groups is 1. The average Bonchev–Trinajstić information content (AvgIpc) is 2.61. The van der Waals surface area contributed by atoms with Gasteiger partial charge < -0.3 is 5.32 Å². The fraction of sp³-hybridized carbons (Fsp3) is 0.600. The van der Waals surface area contributed by atoms with Gasteiger partial charge in [0.15, 0.2) is 0 Å². The monoisotopic (exact) mass is 193 g/mol. The Hall–Kier alpha value is -1.32. The van der Waals surface area contributed by atoms with E-state index < -0.39 is 0 Å². The number of imidazole rings is 1. The van der Waals surface area contributed by atoms with Crippen LogP contribution in [0.15, 0.2) is 18.7 Å². The van der Waals surface area contributed by atoms with Gasteiger partial charge in [-0.25, -0.2) is 9.78 Å². The largest absolute Gasteiger partial charge is 0.337 e. The lowest BCUT2D eigenvalue weighted by atomic mass is 9.83. The normalized spacial score (nSPS) is 16.3. The minimum Gasteiger partial charge on any atom is -0.337 e. The number of rotatable bonds is 3. The first-order valence-corrected chi connectivity index (χ1v) is 5.12. The number of hydrogen-bond acceptors (Lipinski definition) is 2. The Bertz CT molecular complexity index is 290. The van der Waals surface area contributed by atoms with Crippen LogP contribution in [-0.4, -0.2) is 22.1 Å². The molecule has 1 aromatic rings. The van der Waals surface area contributed by atoms with Crippen molar-refractivity contribution in [2.24, 2.45) is 5.92 Å². The van der Waals surface area contributed by atoms with Crippen molar-refractivity contribution in [1.29, 1.82) is 0 Å². The molecule has 1 aromatic heterocycles. The molecule has 1 amide bonds. The minimum atomic E-state index is -0.0816. The van der Waals surface area contributed by atoms with Crippen molar-refractivity contribution in [3.05, 3.63) is 18.7 Å². The van der Waals surface area contributed by atoms with E-state index in [-0.39, 0.29) is 6.03 Å². The molecule has 0 spiro atoms. The number of carbonyl (C=O) groups excluding carboxylic acids is 1. The summed E-state index contributed by atoms with van der Waals surface area (Å²) in [5, 5.41) is 2.87. The van der Waals surface area contributed by atoms with Crippen LogP contribution in [0.2, 0.25) is 0 Å². The van der Waals surface area contributed by atoms with E-state index in [1.165, 1.54) is 30.2 Å². The minimum absolute atomic E-state index is 0.0816. The highest BCUT2D eigenvalue weighted by Crippen LogP contribution is 2.28. The molecule has 1 N–H and O–H groups in total. The summed E-state index contributed by atoms with van der Waals surface area (Å²) in [5.74, 6) is 0.845. The second-order valence-electron chi connectivity index (χ2n) is 3.79. The molecule has 0 aliphatic heterocycles. The Balaban J connectivity index is 1.67. The molecule has 1 fully saturated rings. The molecule has 4 nitrogen and oxygen atoms in total. The van der Waals surface area contributed by atoms with Crippen molar-refractivity contribution in [2.45, 2.75) is 25.7 Å². The van der Waals surface area contributed by atoms with Crippen LogP contribution in [0.5, 0.6) is 0 Å². The van der Waals surface area contributed by atoms with Gasteiger partial charge in [0, 0.05) is 18.9 Å². The highest BCUT2D eigenvalue weighted by atomic mass is 16.2. The zero-order valence-electron chi connectivity index (χ0n) is 8.15. The maximum absolute atomic E-state index is 11.4. The van der Waals surface area contributed by atoms with Crippen LogP contribution in [-0.2, 0) is 0 Å². The summed E-state index contributed by atoms with van der Waals surface area (Å²) in [7, 11) is 0. The summed E-state index contributed by atoms with van der Waals surface area (Å²) in [6, 6.07) is -0.0816. The number of nitrogens with one attached hydrogen (secondary N) is 1. The van der Waals surface area contributed by atoms with Gasteiger partial charge in [0.1, 0.15) is 6.33 Å². The van der Waals surface area contributed by atoms with E-state index in [2.05, 4.69) is 10.3 Å². The summed E-state index contributed by atoms with van der Waals surface area (Å²) >= 11 is 0. The number of amides is 1. The van der Waals surface area contributed by atoms with Crippen molar-refractivity contribution < 1.29 is 4.79 Å². The third-order valence-electron chi connectivity index (χ3n) is 2.79. The molecule has 1 aliphatic carbocycles. The maximum Gasteiger partial charge on any atom is 0.326 e. The third-order valence-corrected chi connectivity index (χ3v) is 2.79. The van der Waals surface area contributed by atoms with Crippen LogP contribution < -0.4 is 5.32 Å². The van der Waals surface area contributed by atoms with Gasteiger partial charge in [-0.2, -0.15) is 0 Å². The Morgan fingerprint density at radius 1 is 1.57 bits per heavy atom. The molecule has 0 aromatic carbocycles. The molecule has 1 heterocycles. The van der Waals surface area contributed by atoms with Crippen molar-refractivity contribution in [3.8, 4) is 0 Å². The fourth-order valence-electron chi connectivity index (χ4n) is 1.64. The Kier molecular flexibility index (Phi) is 2.81. The Labute approximate surface area is 83.3 Å². The first-order chi connectivity index (χ1) is 6.86. The summed E-state index contributed by atoms with van der Waals surface area (Å²) in [4.78, 5) is 15.2. The molecule has 2 rings (SSSR count). The van der Waals surface area contributed by atoms with Gasteiger partial charge in [-0.3, -0.25) is 4.57 Å². The number of nitrogens with zero attached hydrogens (tertiary/aromatic N) is 2. The van der Waals surface area contributed by atoms with Gasteiger partial charge in [0.2, 0.25) is 0 Å². The predicted octanol–water partition coefficient (Wildman–Crippen LogP) is 1.63. The second kappa shape index (κ2) is 4.26. The lowest BCUT2D eigenvalue weighted by molar-refractivity contribution is 0.238. The van der Waals surface area contributed by atoms with Gasteiger partial charge in [-0.15, -0.1) is 0 Å². The quantitative estimate of drug-likeness (QED) is 0.793. The lowest BCUT2D eigenvalue weighted by Crippen LogP contribution is -2.30. The lowest BCUT2D eigenvalue weighted by Gasteiger charge is -2.25. The number of hydrogen-bond donors (Lipinski definition) is 1. The zero-order valence-corrected chi connectivity index (χ0v) is 8.15. The van der Waals surface area contributed by atoms with Crippen LogP contribution >= 0.6 is 0 Å². The van der Waals surface area contributed by atoms with Gasteiger partial charge in [-0.1, -0.05) is 19.3 Å². The summed E-state index contributed by atoms with van der Waals surface area (Å²) in [5.41, 5.74) is 0. The molecule has 1 aliphatic rings. The van der Waals surface area contributed by atoms with Crippen molar-refractivity contribution in [2.75, 3.05) is 6.54 Å². The molecule has 0 unspecified atom stereocenters. The standard InChI is InChI=1S/C10H15N3O/c14-10(13-7-6-11-8-13)12-5-4-9-2-1-3-9/h6-9H,1-5H2,(H,12,14).